The molecule has 2 amide bonds. The fourth-order valence-electron chi connectivity index (χ4n) is 2.40. The molecule has 1 N–H and O–H groups in total. The molecule has 1 unspecified atom stereocenters. The van der Waals surface area contributed by atoms with Crippen molar-refractivity contribution in [1.82, 2.24) is 0 Å². The van der Waals surface area contributed by atoms with Crippen LogP contribution >= 0.6 is 11.6 Å². The summed E-state index contributed by atoms with van der Waals surface area (Å²) in [7, 11) is 0. The van der Waals surface area contributed by atoms with Crippen molar-refractivity contribution in [1.29, 1.82) is 0 Å². The fourth-order valence-corrected chi connectivity index (χ4v) is 2.59. The van der Waals surface area contributed by atoms with E-state index in [1.54, 1.807) is 43.3 Å². The number of hydrazone groups is 1. The first kappa shape index (κ1) is 15.2. The monoisotopic (exact) mass is 327 g/mol. The van der Waals surface area contributed by atoms with Gasteiger partial charge in [-0.1, -0.05) is 35.9 Å². The van der Waals surface area contributed by atoms with Crippen LogP contribution in [0.4, 0.5) is 11.4 Å². The van der Waals surface area contributed by atoms with E-state index >= 15 is 0 Å². The molecule has 0 radical (unpaired) electrons. The largest absolute Gasteiger partial charge is 0.325 e. The molecule has 6 heteroatoms. The van der Waals surface area contributed by atoms with Gasteiger partial charge in [-0.15, -0.1) is 0 Å². The van der Waals surface area contributed by atoms with Crippen molar-refractivity contribution in [2.45, 2.75) is 6.92 Å². The van der Waals surface area contributed by atoms with Gasteiger partial charge in [-0.25, -0.2) is 0 Å². The number of carbonyl (C=O) groups is 2. The van der Waals surface area contributed by atoms with Crippen molar-refractivity contribution in [2.75, 3.05) is 10.3 Å². The minimum atomic E-state index is -0.936. The van der Waals surface area contributed by atoms with E-state index in [4.69, 9.17) is 11.6 Å². The van der Waals surface area contributed by atoms with Crippen LogP contribution in [-0.2, 0) is 9.59 Å². The van der Waals surface area contributed by atoms with Gasteiger partial charge in [0.15, 0.2) is 5.92 Å². The second-order valence-electron chi connectivity index (χ2n) is 5.16. The predicted octanol–water partition coefficient (Wildman–Crippen LogP) is 3.32. The smallest absolute Gasteiger partial charge is 0.265 e. The first-order valence-corrected chi connectivity index (χ1v) is 7.44. The minimum Gasteiger partial charge on any atom is -0.325 e. The third kappa shape index (κ3) is 3.10. The summed E-state index contributed by atoms with van der Waals surface area (Å²) >= 11 is 5.90. The maximum Gasteiger partial charge on any atom is 0.265 e. The Morgan fingerprint density at radius 3 is 2.61 bits per heavy atom. The number of nitrogens with zero attached hydrogens (tertiary/aromatic N) is 2. The number of benzene rings is 2. The molecule has 2 aromatic carbocycles. The van der Waals surface area contributed by atoms with E-state index in [-0.39, 0.29) is 5.91 Å². The van der Waals surface area contributed by atoms with Crippen molar-refractivity contribution in [3.8, 4) is 0 Å². The average molecular weight is 328 g/mol. The molecule has 1 aliphatic heterocycles. The van der Waals surface area contributed by atoms with Gasteiger partial charge in [0.05, 0.1) is 11.4 Å². The van der Waals surface area contributed by atoms with Gasteiger partial charge in [-0.05, 0) is 37.3 Å². The Bertz CT molecular complexity index is 789. The summed E-state index contributed by atoms with van der Waals surface area (Å²) < 4.78 is 0. The molecule has 23 heavy (non-hydrogen) atoms. The molecule has 1 heterocycles. The lowest BCUT2D eigenvalue weighted by Gasteiger charge is -2.14. The number of rotatable bonds is 3. The Morgan fingerprint density at radius 1 is 1.17 bits per heavy atom. The lowest BCUT2D eigenvalue weighted by Crippen LogP contribution is -2.36. The van der Waals surface area contributed by atoms with Crippen LogP contribution in [0.15, 0.2) is 59.7 Å². The van der Waals surface area contributed by atoms with Gasteiger partial charge < -0.3 is 5.32 Å². The van der Waals surface area contributed by atoms with Crippen molar-refractivity contribution in [2.24, 2.45) is 11.0 Å². The van der Waals surface area contributed by atoms with Crippen LogP contribution in [0.3, 0.4) is 0 Å². The van der Waals surface area contributed by atoms with E-state index in [1.807, 2.05) is 18.2 Å². The highest BCUT2D eigenvalue weighted by molar-refractivity contribution is 6.31. The maximum atomic E-state index is 12.5. The molecular formula is C17H14ClN3O2. The lowest BCUT2D eigenvalue weighted by molar-refractivity contribution is -0.127. The Balaban J connectivity index is 1.80. The van der Waals surface area contributed by atoms with Gasteiger partial charge in [0.25, 0.3) is 5.91 Å². The molecule has 0 aliphatic carbocycles. The Labute approximate surface area is 138 Å². The molecule has 0 saturated heterocycles. The van der Waals surface area contributed by atoms with Crippen LogP contribution in [-0.4, -0.2) is 17.5 Å². The highest BCUT2D eigenvalue weighted by Gasteiger charge is 2.39. The molecule has 0 saturated carbocycles. The zero-order chi connectivity index (χ0) is 16.4. The van der Waals surface area contributed by atoms with Gasteiger partial charge in [0, 0.05) is 10.7 Å². The first-order valence-electron chi connectivity index (χ1n) is 7.07. The van der Waals surface area contributed by atoms with Crippen LogP contribution in [0.2, 0.25) is 5.02 Å². The lowest BCUT2D eigenvalue weighted by atomic mass is 10.0. The number of anilines is 2. The Kier molecular flexibility index (Phi) is 4.12. The number of hydrogen-bond donors (Lipinski definition) is 1. The van der Waals surface area contributed by atoms with Gasteiger partial charge in [-0.2, -0.15) is 10.1 Å². The molecule has 0 bridgehead atoms. The molecule has 3 rings (SSSR count). The standard InChI is InChI=1S/C17H14ClN3O2/c1-11-15(16(22)19-13-7-5-6-12(18)10-13)17(23)21(20-11)14-8-3-2-4-9-14/h2-10,15H,1H3,(H,19,22). The normalized spacial score (nSPS) is 17.1. The third-order valence-corrected chi connectivity index (χ3v) is 3.72. The van der Waals surface area contributed by atoms with Crippen LogP contribution in [0.5, 0.6) is 0 Å². The van der Waals surface area contributed by atoms with Crippen LogP contribution in [0.25, 0.3) is 0 Å². The summed E-state index contributed by atoms with van der Waals surface area (Å²) in [5.41, 5.74) is 1.63. The molecular weight excluding hydrogens is 314 g/mol. The maximum absolute atomic E-state index is 12.5. The third-order valence-electron chi connectivity index (χ3n) is 3.49. The molecule has 2 aromatic rings. The predicted molar refractivity (Wildman–Crippen MR) is 90.6 cm³/mol. The van der Waals surface area contributed by atoms with E-state index in [1.165, 1.54) is 5.01 Å². The Morgan fingerprint density at radius 2 is 1.91 bits per heavy atom. The van der Waals surface area contributed by atoms with Crippen LogP contribution < -0.4 is 10.3 Å². The summed E-state index contributed by atoms with van der Waals surface area (Å²) in [5.74, 6) is -1.72. The van der Waals surface area contributed by atoms with E-state index in [2.05, 4.69) is 10.4 Å². The highest BCUT2D eigenvalue weighted by atomic mass is 35.5. The number of halogens is 1. The van der Waals surface area contributed by atoms with Crippen LogP contribution in [0, 0.1) is 5.92 Å². The topological polar surface area (TPSA) is 61.8 Å². The van der Waals surface area contributed by atoms with E-state index in [0.29, 0.717) is 22.1 Å². The Hall–Kier alpha value is -2.66. The number of amides is 2. The average Bonchev–Trinajstić information content (AvgIpc) is 2.83. The molecule has 5 nitrogen and oxygen atoms in total. The van der Waals surface area contributed by atoms with Crippen molar-refractivity contribution < 1.29 is 9.59 Å². The zero-order valence-electron chi connectivity index (χ0n) is 12.4. The van der Waals surface area contributed by atoms with E-state index < -0.39 is 11.8 Å². The fraction of sp³-hybridized carbons (Fsp3) is 0.118. The quantitative estimate of drug-likeness (QED) is 0.879. The molecule has 1 aliphatic rings. The van der Waals surface area contributed by atoms with Gasteiger partial charge in [0.2, 0.25) is 5.91 Å². The number of hydrogen-bond acceptors (Lipinski definition) is 3. The molecule has 0 aromatic heterocycles. The van der Waals surface area contributed by atoms with Crippen molar-refractivity contribution in [3.63, 3.8) is 0 Å². The first-order chi connectivity index (χ1) is 11.1. The van der Waals surface area contributed by atoms with Crippen LogP contribution in [0.1, 0.15) is 6.92 Å². The second kappa shape index (κ2) is 6.22. The molecule has 0 spiro atoms. The summed E-state index contributed by atoms with van der Waals surface area (Å²) in [6.45, 7) is 1.67. The SMILES string of the molecule is CC1=NN(c2ccccc2)C(=O)C1C(=O)Nc1cccc(Cl)c1. The van der Waals surface area contributed by atoms with Gasteiger partial charge >= 0.3 is 0 Å². The second-order valence-corrected chi connectivity index (χ2v) is 5.60. The van der Waals surface area contributed by atoms with Gasteiger partial charge in [0.1, 0.15) is 0 Å². The molecule has 116 valence electrons. The highest BCUT2D eigenvalue weighted by Crippen LogP contribution is 2.25. The van der Waals surface area contributed by atoms with E-state index in [9.17, 15) is 9.59 Å². The van der Waals surface area contributed by atoms with E-state index in [0.717, 1.165) is 0 Å². The summed E-state index contributed by atoms with van der Waals surface area (Å²) in [6.07, 6.45) is 0. The summed E-state index contributed by atoms with van der Waals surface area (Å²) in [6, 6.07) is 15.8. The summed E-state index contributed by atoms with van der Waals surface area (Å²) in [5, 5.41) is 8.69. The minimum absolute atomic E-state index is 0.367. The zero-order valence-corrected chi connectivity index (χ0v) is 13.1. The summed E-state index contributed by atoms with van der Waals surface area (Å²) in [4.78, 5) is 25.0. The van der Waals surface area contributed by atoms with Gasteiger partial charge in [-0.3, -0.25) is 9.59 Å². The molecule has 0 fully saturated rings. The number of para-hydroxylation sites is 1. The van der Waals surface area contributed by atoms with Crippen molar-refractivity contribution >= 4 is 40.5 Å². The number of carbonyl (C=O) groups excluding carboxylic acids is 2. The molecule has 1 atom stereocenters. The number of nitrogens with one attached hydrogen (secondary N) is 1. The van der Waals surface area contributed by atoms with Crippen molar-refractivity contribution in [3.05, 3.63) is 59.6 Å².